The van der Waals surface area contributed by atoms with Crippen LogP contribution in [0.4, 0.5) is 0 Å². The lowest BCUT2D eigenvalue weighted by atomic mass is 10.3. The van der Waals surface area contributed by atoms with Gasteiger partial charge in [0.05, 0.1) is 11.5 Å². The van der Waals surface area contributed by atoms with Crippen LogP contribution in [-0.4, -0.2) is 44.9 Å². The molecule has 0 bridgehead atoms. The lowest BCUT2D eigenvalue weighted by molar-refractivity contribution is -0.127. The van der Waals surface area contributed by atoms with Gasteiger partial charge in [-0.05, 0) is 31.2 Å². The number of hydrogen-bond donors (Lipinski definition) is 0. The fourth-order valence-electron chi connectivity index (χ4n) is 2.29. The zero-order valence-corrected chi connectivity index (χ0v) is 14.5. The van der Waals surface area contributed by atoms with Crippen LogP contribution in [0.5, 0.6) is 0 Å². The van der Waals surface area contributed by atoms with Gasteiger partial charge in [-0.25, -0.2) is 0 Å². The monoisotopic (exact) mass is 342 g/mol. The number of hydrogen-bond acceptors (Lipinski definition) is 5. The molecule has 0 aliphatic carbocycles. The zero-order valence-electron chi connectivity index (χ0n) is 13.7. The third-order valence-electron chi connectivity index (χ3n) is 3.46. The predicted molar refractivity (Wildman–Crippen MR) is 93.1 cm³/mol. The van der Waals surface area contributed by atoms with Crippen molar-refractivity contribution in [3.8, 4) is 17.3 Å². The van der Waals surface area contributed by atoms with E-state index in [1.54, 1.807) is 25.3 Å². The standard InChI is InChI=1S/C17H18N4O2S/c1-12(16(22)20(2)3)24-17-19-18-15(14-10-7-11-23-14)21(17)13-8-5-4-6-9-13/h4-12H,1-3H3. The third-order valence-corrected chi connectivity index (χ3v) is 4.49. The molecule has 0 spiro atoms. The number of rotatable bonds is 5. The highest BCUT2D eigenvalue weighted by molar-refractivity contribution is 8.00. The van der Waals surface area contributed by atoms with Crippen LogP contribution in [0.2, 0.25) is 0 Å². The quantitative estimate of drug-likeness (QED) is 0.667. The van der Waals surface area contributed by atoms with Crippen molar-refractivity contribution in [2.24, 2.45) is 0 Å². The van der Waals surface area contributed by atoms with Crippen LogP contribution < -0.4 is 0 Å². The number of carbonyl (C=O) groups is 1. The summed E-state index contributed by atoms with van der Waals surface area (Å²) in [5.41, 5.74) is 0.918. The largest absolute Gasteiger partial charge is 0.461 e. The summed E-state index contributed by atoms with van der Waals surface area (Å²) in [6.45, 7) is 1.86. The fourth-order valence-corrected chi connectivity index (χ4v) is 3.31. The minimum Gasteiger partial charge on any atom is -0.461 e. The summed E-state index contributed by atoms with van der Waals surface area (Å²) in [5.74, 6) is 1.27. The smallest absolute Gasteiger partial charge is 0.235 e. The fraction of sp³-hybridized carbons (Fsp3) is 0.235. The SMILES string of the molecule is CC(Sc1nnc(-c2ccco2)n1-c1ccccc1)C(=O)N(C)C. The van der Waals surface area contributed by atoms with E-state index in [2.05, 4.69) is 10.2 Å². The molecule has 124 valence electrons. The van der Waals surface area contributed by atoms with Crippen molar-refractivity contribution in [1.82, 2.24) is 19.7 Å². The van der Waals surface area contributed by atoms with Gasteiger partial charge in [0.25, 0.3) is 0 Å². The second-order valence-corrected chi connectivity index (χ2v) is 6.76. The van der Waals surface area contributed by atoms with Crippen LogP contribution in [0.25, 0.3) is 17.3 Å². The molecule has 1 aromatic carbocycles. The van der Waals surface area contributed by atoms with E-state index >= 15 is 0 Å². The Morgan fingerprint density at radius 3 is 2.54 bits per heavy atom. The summed E-state index contributed by atoms with van der Waals surface area (Å²) < 4.78 is 7.38. The van der Waals surface area contributed by atoms with Crippen molar-refractivity contribution in [2.75, 3.05) is 14.1 Å². The topological polar surface area (TPSA) is 64.2 Å². The van der Waals surface area contributed by atoms with Gasteiger partial charge in [0.15, 0.2) is 10.9 Å². The van der Waals surface area contributed by atoms with Gasteiger partial charge in [-0.1, -0.05) is 30.0 Å². The molecule has 1 amide bonds. The van der Waals surface area contributed by atoms with E-state index < -0.39 is 0 Å². The van der Waals surface area contributed by atoms with Crippen molar-refractivity contribution in [3.05, 3.63) is 48.7 Å². The van der Waals surface area contributed by atoms with E-state index in [0.29, 0.717) is 16.7 Å². The van der Waals surface area contributed by atoms with E-state index in [9.17, 15) is 4.79 Å². The van der Waals surface area contributed by atoms with Crippen molar-refractivity contribution in [3.63, 3.8) is 0 Å². The van der Waals surface area contributed by atoms with Gasteiger partial charge in [0.2, 0.25) is 11.7 Å². The number of benzene rings is 1. The average molecular weight is 342 g/mol. The number of amides is 1. The first-order valence-corrected chi connectivity index (χ1v) is 8.38. The van der Waals surface area contributed by atoms with E-state index in [-0.39, 0.29) is 11.2 Å². The van der Waals surface area contributed by atoms with Crippen molar-refractivity contribution < 1.29 is 9.21 Å². The summed E-state index contributed by atoms with van der Waals surface area (Å²) in [6.07, 6.45) is 1.60. The Morgan fingerprint density at radius 1 is 1.17 bits per heavy atom. The van der Waals surface area contributed by atoms with Crippen LogP contribution in [0.1, 0.15) is 6.92 Å². The molecule has 3 aromatic rings. The van der Waals surface area contributed by atoms with Gasteiger partial charge in [-0.3, -0.25) is 9.36 Å². The van der Waals surface area contributed by atoms with Crippen molar-refractivity contribution in [1.29, 1.82) is 0 Å². The highest BCUT2D eigenvalue weighted by atomic mass is 32.2. The molecular weight excluding hydrogens is 324 g/mol. The van der Waals surface area contributed by atoms with E-state index in [0.717, 1.165) is 5.69 Å². The zero-order chi connectivity index (χ0) is 17.1. The van der Waals surface area contributed by atoms with Gasteiger partial charge in [-0.2, -0.15) is 0 Å². The third kappa shape index (κ3) is 3.21. The van der Waals surface area contributed by atoms with Gasteiger partial charge < -0.3 is 9.32 Å². The molecule has 6 nitrogen and oxygen atoms in total. The van der Waals surface area contributed by atoms with Gasteiger partial charge in [-0.15, -0.1) is 10.2 Å². The molecule has 3 rings (SSSR count). The molecular formula is C17H18N4O2S. The van der Waals surface area contributed by atoms with Gasteiger partial charge >= 0.3 is 0 Å². The molecule has 2 heterocycles. The number of para-hydroxylation sites is 1. The van der Waals surface area contributed by atoms with Gasteiger partial charge in [0, 0.05) is 19.8 Å². The number of carbonyl (C=O) groups excluding carboxylic acids is 1. The molecule has 1 atom stereocenters. The molecule has 0 saturated carbocycles. The highest BCUT2D eigenvalue weighted by Crippen LogP contribution is 2.30. The van der Waals surface area contributed by atoms with Gasteiger partial charge in [0.1, 0.15) is 0 Å². The first kappa shape index (κ1) is 16.3. The molecule has 0 fully saturated rings. The summed E-state index contributed by atoms with van der Waals surface area (Å²) in [5, 5.41) is 8.92. The van der Waals surface area contributed by atoms with E-state index in [1.165, 1.54) is 11.8 Å². The second-order valence-electron chi connectivity index (χ2n) is 5.45. The molecule has 0 radical (unpaired) electrons. The Morgan fingerprint density at radius 2 is 1.92 bits per heavy atom. The Kier molecular flexibility index (Phi) is 4.71. The molecule has 0 aliphatic rings. The molecule has 7 heteroatoms. The van der Waals surface area contributed by atoms with E-state index in [4.69, 9.17) is 4.42 Å². The van der Waals surface area contributed by atoms with Crippen LogP contribution in [0, 0.1) is 0 Å². The first-order valence-electron chi connectivity index (χ1n) is 7.50. The maximum atomic E-state index is 12.2. The second kappa shape index (κ2) is 6.92. The summed E-state index contributed by atoms with van der Waals surface area (Å²) >= 11 is 1.38. The molecule has 0 saturated heterocycles. The van der Waals surface area contributed by atoms with Crippen molar-refractivity contribution in [2.45, 2.75) is 17.3 Å². The maximum Gasteiger partial charge on any atom is 0.235 e. The molecule has 0 aliphatic heterocycles. The molecule has 1 unspecified atom stereocenters. The van der Waals surface area contributed by atoms with Crippen LogP contribution >= 0.6 is 11.8 Å². The lowest BCUT2D eigenvalue weighted by Gasteiger charge is -2.16. The average Bonchev–Trinajstić information content (AvgIpc) is 3.24. The predicted octanol–water partition coefficient (Wildman–Crippen LogP) is 3.10. The maximum absolute atomic E-state index is 12.2. The molecule has 2 aromatic heterocycles. The molecule has 0 N–H and O–H groups in total. The minimum absolute atomic E-state index is 0.0298. The summed E-state index contributed by atoms with van der Waals surface area (Å²) in [6, 6.07) is 13.4. The summed E-state index contributed by atoms with van der Waals surface area (Å²) in [4.78, 5) is 13.7. The normalized spacial score (nSPS) is 12.1. The number of aromatic nitrogens is 3. The Labute approximate surface area is 144 Å². The Balaban J connectivity index is 2.03. The first-order chi connectivity index (χ1) is 11.6. The number of furan rings is 1. The van der Waals surface area contributed by atoms with E-state index in [1.807, 2.05) is 54.0 Å². The highest BCUT2D eigenvalue weighted by Gasteiger charge is 2.23. The lowest BCUT2D eigenvalue weighted by Crippen LogP contribution is -2.29. The molecule has 24 heavy (non-hydrogen) atoms. The Hall–Kier alpha value is -2.54. The van der Waals surface area contributed by atoms with Crippen LogP contribution in [0.3, 0.4) is 0 Å². The number of thioether (sulfide) groups is 1. The number of nitrogens with zero attached hydrogens (tertiary/aromatic N) is 4. The Bertz CT molecular complexity index is 813. The van der Waals surface area contributed by atoms with Crippen LogP contribution in [0.15, 0.2) is 58.3 Å². The summed E-state index contributed by atoms with van der Waals surface area (Å²) in [7, 11) is 3.49. The minimum atomic E-state index is -0.267. The van der Waals surface area contributed by atoms with Crippen molar-refractivity contribution >= 4 is 17.7 Å². The van der Waals surface area contributed by atoms with Crippen LogP contribution in [-0.2, 0) is 4.79 Å².